The van der Waals surface area contributed by atoms with Crippen LogP contribution in [0.4, 0.5) is 15.8 Å². The van der Waals surface area contributed by atoms with Crippen LogP contribution in [0.15, 0.2) is 77.9 Å². The highest BCUT2D eigenvalue weighted by Gasteiger charge is 2.39. The standard InChI is InChI=1S/C52H54FN7O9/c1-5-31-14-18-40-37(23-31)48(63)47(30(2)59(40)3)50(65)57-34-17-20-42(38(53)25-34)69-51-36-26-43(67-4)44(27-39(36)54-29-55-51)68-22-12-10-8-6-7-9-11-13-45(61)56-33-16-15-32-28-60(52(66)35(32)24-33)41-19-21-46(62)58-49(41)64/h14-18,20,23-27,29,41H,5-13,19,21-22,28H2,1-4H3,(H,56,61)(H,57,65)(H,58,62,64). The van der Waals surface area contributed by atoms with Gasteiger partial charge in [-0.2, -0.15) is 0 Å². The summed E-state index contributed by atoms with van der Waals surface area (Å²) in [5.74, 6) is -1.76. The third-order valence-electron chi connectivity index (χ3n) is 12.8. The second-order valence-corrected chi connectivity index (χ2v) is 17.3. The Hall–Kier alpha value is -7.69. The summed E-state index contributed by atoms with van der Waals surface area (Å²) >= 11 is 0. The number of hydrogen-bond donors (Lipinski definition) is 3. The number of halogens is 1. The van der Waals surface area contributed by atoms with Crippen molar-refractivity contribution in [3.05, 3.63) is 117 Å². The maximum Gasteiger partial charge on any atom is 0.261 e. The van der Waals surface area contributed by atoms with E-state index in [2.05, 4.69) is 25.9 Å². The van der Waals surface area contributed by atoms with E-state index in [0.29, 0.717) is 69.7 Å². The van der Waals surface area contributed by atoms with E-state index in [9.17, 15) is 28.8 Å². The molecule has 0 radical (unpaired) electrons. The molecule has 0 saturated carbocycles. The Morgan fingerprint density at radius 3 is 2.35 bits per heavy atom. The molecule has 0 bridgehead atoms. The van der Waals surface area contributed by atoms with Gasteiger partial charge in [-0.3, -0.25) is 34.1 Å². The lowest BCUT2D eigenvalue weighted by Gasteiger charge is -2.29. The minimum atomic E-state index is -0.763. The van der Waals surface area contributed by atoms with Gasteiger partial charge in [0, 0.05) is 66.6 Å². The van der Waals surface area contributed by atoms with Crippen molar-refractivity contribution in [1.82, 2.24) is 24.8 Å². The molecule has 17 heteroatoms. The number of carbonyl (C=O) groups excluding carboxylic acids is 5. The van der Waals surface area contributed by atoms with Crippen LogP contribution in [-0.2, 0) is 34.4 Å². The molecule has 1 atom stereocenters. The highest BCUT2D eigenvalue weighted by Crippen LogP contribution is 2.37. The monoisotopic (exact) mass is 939 g/mol. The van der Waals surface area contributed by atoms with Gasteiger partial charge in [-0.1, -0.05) is 51.2 Å². The number of rotatable bonds is 19. The van der Waals surface area contributed by atoms with Gasteiger partial charge in [0.05, 0.1) is 30.1 Å². The molecule has 5 amide bonds. The van der Waals surface area contributed by atoms with Gasteiger partial charge < -0.3 is 34.3 Å². The number of piperidine rings is 1. The third kappa shape index (κ3) is 10.6. The van der Waals surface area contributed by atoms with Crippen molar-refractivity contribution in [1.29, 1.82) is 0 Å². The summed E-state index contributed by atoms with van der Waals surface area (Å²) in [4.78, 5) is 86.8. The molecule has 358 valence electrons. The molecule has 3 N–H and O–H groups in total. The molecule has 4 aromatic carbocycles. The summed E-state index contributed by atoms with van der Waals surface area (Å²) < 4.78 is 35.0. The van der Waals surface area contributed by atoms with Gasteiger partial charge in [0.2, 0.25) is 29.0 Å². The number of aromatic nitrogens is 3. The molecule has 4 heterocycles. The smallest absolute Gasteiger partial charge is 0.261 e. The number of benzene rings is 4. The number of hydrogen-bond acceptors (Lipinski definition) is 11. The molecule has 1 saturated heterocycles. The molecular formula is C52H54FN7O9. The third-order valence-corrected chi connectivity index (χ3v) is 12.8. The molecule has 2 aliphatic heterocycles. The number of ether oxygens (including phenoxy) is 3. The Kier molecular flexibility index (Phi) is 14.6. The summed E-state index contributed by atoms with van der Waals surface area (Å²) in [5.41, 5.74) is 4.16. The zero-order chi connectivity index (χ0) is 48.8. The van der Waals surface area contributed by atoms with Crippen molar-refractivity contribution in [2.24, 2.45) is 7.05 Å². The average molecular weight is 940 g/mol. The number of methoxy groups -OCH3 is 1. The average Bonchev–Trinajstić information content (AvgIpc) is 3.66. The van der Waals surface area contributed by atoms with E-state index in [0.717, 1.165) is 68.6 Å². The Morgan fingerprint density at radius 1 is 0.841 bits per heavy atom. The summed E-state index contributed by atoms with van der Waals surface area (Å²) in [7, 11) is 3.31. The number of imide groups is 1. The van der Waals surface area contributed by atoms with Crippen LogP contribution >= 0.6 is 0 Å². The van der Waals surface area contributed by atoms with Gasteiger partial charge in [-0.25, -0.2) is 14.4 Å². The zero-order valence-electron chi connectivity index (χ0n) is 39.0. The number of anilines is 2. The van der Waals surface area contributed by atoms with Crippen LogP contribution < -0.4 is 35.6 Å². The number of pyridine rings is 1. The van der Waals surface area contributed by atoms with Crippen molar-refractivity contribution in [3.8, 4) is 23.1 Å². The maximum atomic E-state index is 15.5. The predicted octanol–water partition coefficient (Wildman–Crippen LogP) is 8.44. The largest absolute Gasteiger partial charge is 0.493 e. The number of fused-ring (bicyclic) bond motifs is 3. The van der Waals surface area contributed by atoms with Gasteiger partial charge in [0.25, 0.3) is 11.8 Å². The van der Waals surface area contributed by atoms with Crippen molar-refractivity contribution in [2.45, 2.75) is 97.1 Å². The second kappa shape index (κ2) is 21.1. The molecule has 2 aliphatic rings. The molecule has 8 rings (SSSR count). The lowest BCUT2D eigenvalue weighted by Crippen LogP contribution is -2.52. The van der Waals surface area contributed by atoms with E-state index in [1.807, 2.05) is 19.1 Å². The lowest BCUT2D eigenvalue weighted by atomic mass is 10.0. The number of unbranched alkanes of at least 4 members (excludes halogenated alkanes) is 6. The first-order valence-electron chi connectivity index (χ1n) is 23.3. The Balaban J connectivity index is 0.765. The molecule has 6 aromatic rings. The SMILES string of the molecule is CCc1ccc2c(c1)c(=O)c(C(=O)Nc1ccc(Oc3ncnc4cc(OCCCCCCCCCC(=O)Nc5ccc6c(c5)C(=O)N(C5CCC(=O)NC5=O)C6)c(OC)cc34)c(F)c1)c(C)n2C. The molecule has 2 aromatic heterocycles. The summed E-state index contributed by atoms with van der Waals surface area (Å²) in [5, 5.41) is 8.77. The van der Waals surface area contributed by atoms with Crippen LogP contribution in [0.1, 0.15) is 109 Å². The van der Waals surface area contributed by atoms with Crippen LogP contribution in [0.5, 0.6) is 23.1 Å². The van der Waals surface area contributed by atoms with Crippen LogP contribution in [-0.4, -0.2) is 68.7 Å². The second-order valence-electron chi connectivity index (χ2n) is 17.3. The van der Waals surface area contributed by atoms with Crippen molar-refractivity contribution < 1.29 is 42.6 Å². The van der Waals surface area contributed by atoms with E-state index in [4.69, 9.17) is 14.2 Å². The van der Waals surface area contributed by atoms with Gasteiger partial charge in [0.1, 0.15) is 17.9 Å². The van der Waals surface area contributed by atoms with E-state index in [1.165, 1.54) is 30.5 Å². The lowest BCUT2D eigenvalue weighted by molar-refractivity contribution is -0.137. The molecule has 0 aliphatic carbocycles. The summed E-state index contributed by atoms with van der Waals surface area (Å²) in [6.45, 7) is 4.42. The predicted molar refractivity (Wildman–Crippen MR) is 257 cm³/mol. The fourth-order valence-corrected chi connectivity index (χ4v) is 8.85. The Morgan fingerprint density at radius 2 is 1.59 bits per heavy atom. The van der Waals surface area contributed by atoms with Gasteiger partial charge in [0.15, 0.2) is 23.1 Å². The Labute approximate surface area is 397 Å². The number of nitrogens with zero attached hydrogens (tertiary/aromatic N) is 4. The quantitative estimate of drug-likeness (QED) is 0.0520. The normalized spacial score (nSPS) is 14.5. The molecule has 1 fully saturated rings. The minimum absolute atomic E-state index is 0.0200. The zero-order valence-corrected chi connectivity index (χ0v) is 39.0. The fraction of sp³-hybridized carbons (Fsp3) is 0.346. The molecular weight excluding hydrogens is 886 g/mol. The van der Waals surface area contributed by atoms with Crippen LogP contribution in [0.2, 0.25) is 0 Å². The van der Waals surface area contributed by atoms with Gasteiger partial charge >= 0.3 is 0 Å². The first-order valence-corrected chi connectivity index (χ1v) is 23.3. The first-order chi connectivity index (χ1) is 33.3. The molecule has 1 unspecified atom stereocenters. The number of amides is 5. The highest BCUT2D eigenvalue weighted by atomic mass is 19.1. The van der Waals surface area contributed by atoms with Crippen molar-refractivity contribution in [2.75, 3.05) is 24.4 Å². The first kappa shape index (κ1) is 47.8. The van der Waals surface area contributed by atoms with Crippen LogP contribution in [0.3, 0.4) is 0 Å². The van der Waals surface area contributed by atoms with E-state index in [1.54, 1.807) is 54.9 Å². The minimum Gasteiger partial charge on any atom is -0.493 e. The molecule has 0 spiro atoms. The molecule has 69 heavy (non-hydrogen) atoms. The summed E-state index contributed by atoms with van der Waals surface area (Å²) in [6.07, 6.45) is 9.28. The maximum absolute atomic E-state index is 15.5. The summed E-state index contributed by atoms with van der Waals surface area (Å²) in [6, 6.07) is 17.5. The van der Waals surface area contributed by atoms with Gasteiger partial charge in [-0.05, 0) is 86.2 Å². The van der Waals surface area contributed by atoms with E-state index < -0.39 is 29.1 Å². The van der Waals surface area contributed by atoms with Crippen LogP contribution in [0, 0.1) is 12.7 Å². The highest BCUT2D eigenvalue weighted by molar-refractivity contribution is 6.07. The Bertz CT molecular complexity index is 3060. The number of aryl methyl sites for hydroxylation is 2. The number of nitrogens with one attached hydrogen (secondary N) is 3. The fourth-order valence-electron chi connectivity index (χ4n) is 8.85. The molecule has 16 nitrogen and oxygen atoms in total. The van der Waals surface area contributed by atoms with Crippen molar-refractivity contribution in [3.63, 3.8) is 0 Å². The van der Waals surface area contributed by atoms with Crippen molar-refractivity contribution >= 4 is 62.7 Å². The topological polar surface area (TPSA) is 200 Å². The van der Waals surface area contributed by atoms with E-state index in [-0.39, 0.29) is 53.6 Å². The van der Waals surface area contributed by atoms with Gasteiger partial charge in [-0.15, -0.1) is 0 Å². The number of carbonyl (C=O) groups is 5. The van der Waals surface area contributed by atoms with E-state index >= 15 is 4.39 Å². The van der Waals surface area contributed by atoms with Crippen LogP contribution in [0.25, 0.3) is 21.8 Å².